The maximum absolute atomic E-state index is 12.3. The fraction of sp³-hybridized carbons (Fsp3) is 0.556. The number of carbonyl (C=O) groups excluding carboxylic acids is 1. The molecule has 0 bridgehead atoms. The molecule has 1 aliphatic heterocycles. The quantitative estimate of drug-likeness (QED) is 0.903. The van der Waals surface area contributed by atoms with Gasteiger partial charge >= 0.3 is 0 Å². The van der Waals surface area contributed by atoms with E-state index in [1.54, 1.807) is 11.3 Å². The third-order valence-corrected chi connectivity index (χ3v) is 5.15. The first-order valence-corrected chi connectivity index (χ1v) is 9.33. The summed E-state index contributed by atoms with van der Waals surface area (Å²) in [5, 5.41) is 4.16. The molecule has 3 atom stereocenters. The van der Waals surface area contributed by atoms with Crippen molar-refractivity contribution in [1.82, 2.24) is 15.2 Å². The molecule has 1 aliphatic rings. The first-order chi connectivity index (χ1) is 11.5. The number of para-hydroxylation sites is 1. The van der Waals surface area contributed by atoms with Crippen LogP contribution < -0.4 is 5.32 Å². The number of carbonyl (C=O) groups is 1. The second-order valence-corrected chi connectivity index (χ2v) is 7.81. The molecule has 1 saturated heterocycles. The Labute approximate surface area is 147 Å². The molecule has 1 aromatic heterocycles. The lowest BCUT2D eigenvalue weighted by molar-refractivity contribution is -0.126. The average Bonchev–Trinajstić information content (AvgIpc) is 2.87. The molecule has 0 saturated carbocycles. The molecule has 3 unspecified atom stereocenters. The number of benzene rings is 1. The van der Waals surface area contributed by atoms with Gasteiger partial charge in [0.05, 0.1) is 34.0 Å². The normalized spacial score (nSPS) is 23.3. The zero-order valence-corrected chi connectivity index (χ0v) is 15.3. The van der Waals surface area contributed by atoms with Crippen molar-refractivity contribution >= 4 is 27.5 Å². The van der Waals surface area contributed by atoms with Crippen molar-refractivity contribution in [2.45, 2.75) is 45.4 Å². The van der Waals surface area contributed by atoms with Crippen LogP contribution in [0.25, 0.3) is 10.2 Å². The predicted molar refractivity (Wildman–Crippen MR) is 97.4 cm³/mol. The van der Waals surface area contributed by atoms with Crippen LogP contribution >= 0.6 is 11.3 Å². The summed E-state index contributed by atoms with van der Waals surface area (Å²) < 4.78 is 6.90. The number of rotatable bonds is 5. The van der Waals surface area contributed by atoms with Gasteiger partial charge in [-0.25, -0.2) is 4.98 Å². The van der Waals surface area contributed by atoms with Crippen LogP contribution in [0.2, 0.25) is 0 Å². The molecule has 0 spiro atoms. The number of aromatic nitrogens is 1. The minimum Gasteiger partial charge on any atom is -0.373 e. The Kier molecular flexibility index (Phi) is 5.48. The molecular weight excluding hydrogens is 322 g/mol. The van der Waals surface area contributed by atoms with Crippen molar-refractivity contribution in [3.05, 3.63) is 29.3 Å². The molecule has 5 nitrogen and oxygen atoms in total. The topological polar surface area (TPSA) is 54.5 Å². The van der Waals surface area contributed by atoms with Crippen LogP contribution in [0.1, 0.15) is 25.8 Å². The monoisotopic (exact) mass is 347 g/mol. The van der Waals surface area contributed by atoms with Crippen LogP contribution in [0.3, 0.4) is 0 Å². The highest BCUT2D eigenvalue weighted by atomic mass is 32.1. The second-order valence-electron chi connectivity index (χ2n) is 6.70. The standard InChI is InChI=1S/C18H25N3O2S/c1-12(8-18-20-15-6-4-5-7-16(15)24-18)19-17(22)11-21-9-13(2)23-14(3)10-21/h4-7,12-14H,8-11H2,1-3H3,(H,19,22). The Bertz CT molecular complexity index is 659. The summed E-state index contributed by atoms with van der Waals surface area (Å²) in [6.45, 7) is 8.19. The van der Waals surface area contributed by atoms with E-state index >= 15 is 0 Å². The number of nitrogens with one attached hydrogen (secondary N) is 1. The third-order valence-electron chi connectivity index (χ3n) is 4.09. The summed E-state index contributed by atoms with van der Waals surface area (Å²) in [5.41, 5.74) is 1.03. The minimum absolute atomic E-state index is 0.0740. The van der Waals surface area contributed by atoms with Crippen LogP contribution in [0.15, 0.2) is 24.3 Å². The van der Waals surface area contributed by atoms with E-state index in [1.165, 1.54) is 4.70 Å². The number of thiazole rings is 1. The van der Waals surface area contributed by atoms with Gasteiger partial charge in [-0.2, -0.15) is 0 Å². The van der Waals surface area contributed by atoms with E-state index in [0.29, 0.717) is 6.54 Å². The summed E-state index contributed by atoms with van der Waals surface area (Å²) in [4.78, 5) is 19.1. The number of morpholine rings is 1. The summed E-state index contributed by atoms with van der Waals surface area (Å²) >= 11 is 1.70. The van der Waals surface area contributed by atoms with Crippen LogP contribution in [-0.2, 0) is 16.0 Å². The van der Waals surface area contributed by atoms with Gasteiger partial charge in [0, 0.05) is 25.6 Å². The Balaban J connectivity index is 1.50. The summed E-state index contributed by atoms with van der Waals surface area (Å²) in [7, 11) is 0. The highest BCUT2D eigenvalue weighted by Gasteiger charge is 2.24. The Hall–Kier alpha value is -1.50. The van der Waals surface area contributed by atoms with E-state index in [9.17, 15) is 4.79 Å². The molecular formula is C18H25N3O2S. The zero-order chi connectivity index (χ0) is 17.1. The van der Waals surface area contributed by atoms with E-state index in [2.05, 4.69) is 35.1 Å². The largest absolute Gasteiger partial charge is 0.373 e. The smallest absolute Gasteiger partial charge is 0.234 e. The average molecular weight is 347 g/mol. The van der Waals surface area contributed by atoms with Gasteiger partial charge < -0.3 is 10.1 Å². The number of hydrogen-bond donors (Lipinski definition) is 1. The van der Waals surface area contributed by atoms with Gasteiger partial charge in [0.2, 0.25) is 5.91 Å². The molecule has 1 fully saturated rings. The predicted octanol–water partition coefficient (Wildman–Crippen LogP) is 2.45. The zero-order valence-electron chi connectivity index (χ0n) is 14.5. The van der Waals surface area contributed by atoms with Crippen molar-refractivity contribution < 1.29 is 9.53 Å². The van der Waals surface area contributed by atoms with Gasteiger partial charge in [0.15, 0.2) is 0 Å². The van der Waals surface area contributed by atoms with Crippen molar-refractivity contribution in [2.24, 2.45) is 0 Å². The Morgan fingerprint density at radius 1 is 1.38 bits per heavy atom. The molecule has 0 radical (unpaired) electrons. The van der Waals surface area contributed by atoms with Crippen molar-refractivity contribution in [2.75, 3.05) is 19.6 Å². The van der Waals surface area contributed by atoms with E-state index < -0.39 is 0 Å². The summed E-state index contributed by atoms with van der Waals surface area (Å²) in [5.74, 6) is 0.0740. The molecule has 3 rings (SSSR count). The van der Waals surface area contributed by atoms with Crippen LogP contribution in [-0.4, -0.2) is 53.7 Å². The molecule has 2 heterocycles. The van der Waals surface area contributed by atoms with Crippen LogP contribution in [0.4, 0.5) is 0 Å². The minimum atomic E-state index is 0.0740. The van der Waals surface area contributed by atoms with E-state index in [0.717, 1.165) is 30.0 Å². The van der Waals surface area contributed by atoms with Crippen molar-refractivity contribution in [3.8, 4) is 0 Å². The van der Waals surface area contributed by atoms with E-state index in [1.807, 2.05) is 25.1 Å². The van der Waals surface area contributed by atoms with Gasteiger partial charge in [0.25, 0.3) is 0 Å². The van der Waals surface area contributed by atoms with Gasteiger partial charge in [-0.1, -0.05) is 12.1 Å². The first kappa shape index (κ1) is 17.3. The third kappa shape index (κ3) is 4.53. The lowest BCUT2D eigenvalue weighted by Gasteiger charge is -2.34. The van der Waals surface area contributed by atoms with Gasteiger partial charge in [-0.15, -0.1) is 11.3 Å². The Morgan fingerprint density at radius 2 is 2.08 bits per heavy atom. The highest BCUT2D eigenvalue weighted by Crippen LogP contribution is 2.22. The molecule has 1 amide bonds. The van der Waals surface area contributed by atoms with Gasteiger partial charge in [-0.3, -0.25) is 9.69 Å². The number of nitrogens with zero attached hydrogens (tertiary/aromatic N) is 2. The van der Waals surface area contributed by atoms with Gasteiger partial charge in [0.1, 0.15) is 0 Å². The number of fused-ring (bicyclic) bond motifs is 1. The molecule has 2 aromatic rings. The molecule has 24 heavy (non-hydrogen) atoms. The van der Waals surface area contributed by atoms with E-state index in [4.69, 9.17) is 4.74 Å². The molecule has 1 aromatic carbocycles. The molecule has 130 valence electrons. The van der Waals surface area contributed by atoms with Crippen molar-refractivity contribution in [3.63, 3.8) is 0 Å². The van der Waals surface area contributed by atoms with E-state index in [-0.39, 0.29) is 24.2 Å². The fourth-order valence-electron chi connectivity index (χ4n) is 3.26. The second kappa shape index (κ2) is 7.59. The highest BCUT2D eigenvalue weighted by molar-refractivity contribution is 7.18. The SMILES string of the molecule is CC(Cc1nc2ccccc2s1)NC(=O)CN1CC(C)OC(C)C1. The molecule has 0 aliphatic carbocycles. The number of amides is 1. The lowest BCUT2D eigenvalue weighted by atomic mass is 10.2. The number of hydrogen-bond acceptors (Lipinski definition) is 5. The maximum atomic E-state index is 12.3. The first-order valence-electron chi connectivity index (χ1n) is 8.51. The van der Waals surface area contributed by atoms with Crippen LogP contribution in [0.5, 0.6) is 0 Å². The fourth-order valence-corrected chi connectivity index (χ4v) is 4.35. The molecule has 6 heteroatoms. The lowest BCUT2D eigenvalue weighted by Crippen LogP contribution is -2.50. The maximum Gasteiger partial charge on any atom is 0.234 e. The van der Waals surface area contributed by atoms with Crippen molar-refractivity contribution in [1.29, 1.82) is 0 Å². The van der Waals surface area contributed by atoms with Crippen LogP contribution in [0, 0.1) is 0 Å². The number of ether oxygens (including phenoxy) is 1. The van der Waals surface area contributed by atoms with Gasteiger partial charge in [-0.05, 0) is 32.9 Å². The Morgan fingerprint density at radius 3 is 2.79 bits per heavy atom. The summed E-state index contributed by atoms with van der Waals surface area (Å²) in [6.07, 6.45) is 1.13. The molecule has 1 N–H and O–H groups in total. The summed E-state index contributed by atoms with van der Waals surface area (Å²) in [6, 6.07) is 8.22.